The van der Waals surface area contributed by atoms with E-state index >= 15 is 0 Å². The molecule has 1 aromatic carbocycles. The number of fused-ring (bicyclic) bond motifs is 1. The van der Waals surface area contributed by atoms with Gasteiger partial charge in [-0.3, -0.25) is 4.79 Å². The van der Waals surface area contributed by atoms with Gasteiger partial charge < -0.3 is 10.1 Å². The minimum atomic E-state index is -0.0133. The Hall–Kier alpha value is -1.84. The van der Waals surface area contributed by atoms with Crippen LogP contribution in [0.15, 0.2) is 29.4 Å². The van der Waals surface area contributed by atoms with Gasteiger partial charge in [-0.2, -0.15) is 0 Å². The SMILES string of the molecule is CC(C)C(C)C(=O)N1CCC(=NO)c2ccccc21. The van der Waals surface area contributed by atoms with E-state index < -0.39 is 0 Å². The predicted octanol–water partition coefficient (Wildman–Crippen LogP) is 2.89. The lowest BCUT2D eigenvalue weighted by atomic mass is 9.93. The molecule has 0 spiro atoms. The molecule has 0 saturated carbocycles. The highest BCUT2D eigenvalue weighted by atomic mass is 16.4. The maximum Gasteiger partial charge on any atom is 0.230 e. The summed E-state index contributed by atoms with van der Waals surface area (Å²) in [5.41, 5.74) is 2.34. The Morgan fingerprint density at radius 1 is 1.32 bits per heavy atom. The van der Waals surface area contributed by atoms with Gasteiger partial charge in [-0.05, 0) is 12.0 Å². The fourth-order valence-electron chi connectivity index (χ4n) is 2.29. The van der Waals surface area contributed by atoms with Crippen molar-refractivity contribution in [2.45, 2.75) is 27.2 Å². The number of benzene rings is 1. The zero-order valence-corrected chi connectivity index (χ0v) is 11.6. The van der Waals surface area contributed by atoms with Gasteiger partial charge in [0.05, 0.1) is 11.4 Å². The van der Waals surface area contributed by atoms with Crippen LogP contribution in [0.1, 0.15) is 32.8 Å². The fourth-order valence-corrected chi connectivity index (χ4v) is 2.29. The molecule has 1 amide bonds. The monoisotopic (exact) mass is 260 g/mol. The standard InChI is InChI=1S/C15H20N2O2/c1-10(2)11(3)15(18)17-9-8-13(16-19)12-6-4-5-7-14(12)17/h4-7,10-11,19H,8-9H2,1-3H3. The second-order valence-corrected chi connectivity index (χ2v) is 5.34. The van der Waals surface area contributed by atoms with Gasteiger partial charge in [0, 0.05) is 24.4 Å². The first-order chi connectivity index (χ1) is 9.06. The predicted molar refractivity (Wildman–Crippen MR) is 75.7 cm³/mol. The van der Waals surface area contributed by atoms with E-state index in [-0.39, 0.29) is 11.8 Å². The van der Waals surface area contributed by atoms with Crippen molar-refractivity contribution >= 4 is 17.3 Å². The van der Waals surface area contributed by atoms with Crippen LogP contribution >= 0.6 is 0 Å². The summed E-state index contributed by atoms with van der Waals surface area (Å²) in [6.07, 6.45) is 0.587. The second-order valence-electron chi connectivity index (χ2n) is 5.34. The van der Waals surface area contributed by atoms with Crippen LogP contribution in [0.3, 0.4) is 0 Å². The molecule has 1 aromatic rings. The quantitative estimate of drug-likeness (QED) is 0.656. The van der Waals surface area contributed by atoms with E-state index in [4.69, 9.17) is 5.21 Å². The molecule has 0 radical (unpaired) electrons. The molecule has 1 unspecified atom stereocenters. The van der Waals surface area contributed by atoms with Gasteiger partial charge in [-0.1, -0.05) is 44.1 Å². The summed E-state index contributed by atoms with van der Waals surface area (Å²) in [7, 11) is 0. The van der Waals surface area contributed by atoms with Crippen molar-refractivity contribution in [1.82, 2.24) is 0 Å². The third-order valence-corrected chi connectivity index (χ3v) is 3.85. The number of carbonyl (C=O) groups is 1. The summed E-state index contributed by atoms with van der Waals surface area (Å²) in [6.45, 7) is 6.65. The molecule has 1 aliphatic rings. The summed E-state index contributed by atoms with van der Waals surface area (Å²) in [6, 6.07) is 7.60. The van der Waals surface area contributed by atoms with Gasteiger partial charge in [0.25, 0.3) is 0 Å². The summed E-state index contributed by atoms with van der Waals surface area (Å²) in [5, 5.41) is 12.4. The lowest BCUT2D eigenvalue weighted by Crippen LogP contribution is -2.41. The minimum absolute atomic E-state index is 0.0133. The molecule has 4 heteroatoms. The van der Waals surface area contributed by atoms with Crippen LogP contribution in [-0.2, 0) is 4.79 Å². The molecule has 19 heavy (non-hydrogen) atoms. The Labute approximate surface area is 113 Å². The molecular formula is C15H20N2O2. The lowest BCUT2D eigenvalue weighted by molar-refractivity contribution is -0.123. The van der Waals surface area contributed by atoms with Crippen LogP contribution in [0.2, 0.25) is 0 Å². The largest absolute Gasteiger partial charge is 0.411 e. The van der Waals surface area contributed by atoms with Gasteiger partial charge in [0.2, 0.25) is 5.91 Å². The maximum absolute atomic E-state index is 12.5. The van der Waals surface area contributed by atoms with Gasteiger partial charge in [-0.25, -0.2) is 0 Å². The zero-order valence-electron chi connectivity index (χ0n) is 11.6. The van der Waals surface area contributed by atoms with Crippen LogP contribution in [0.5, 0.6) is 0 Å². The molecule has 0 bridgehead atoms. The number of hydrogen-bond donors (Lipinski definition) is 1. The van der Waals surface area contributed by atoms with E-state index in [1.807, 2.05) is 36.1 Å². The van der Waals surface area contributed by atoms with Crippen LogP contribution in [0.4, 0.5) is 5.69 Å². The summed E-state index contributed by atoms with van der Waals surface area (Å²) in [5.74, 6) is 0.438. The highest BCUT2D eigenvalue weighted by Crippen LogP contribution is 2.29. The van der Waals surface area contributed by atoms with Gasteiger partial charge in [0.15, 0.2) is 0 Å². The van der Waals surface area contributed by atoms with E-state index in [0.717, 1.165) is 11.3 Å². The Balaban J connectivity index is 2.38. The molecule has 1 aliphatic heterocycles. The zero-order chi connectivity index (χ0) is 14.0. The van der Waals surface area contributed by atoms with Crippen LogP contribution in [0, 0.1) is 11.8 Å². The van der Waals surface area contributed by atoms with Gasteiger partial charge >= 0.3 is 0 Å². The third-order valence-electron chi connectivity index (χ3n) is 3.85. The number of nitrogens with zero attached hydrogens (tertiary/aromatic N) is 2. The van der Waals surface area contributed by atoms with Crippen LogP contribution < -0.4 is 4.90 Å². The molecular weight excluding hydrogens is 240 g/mol. The Kier molecular flexibility index (Phi) is 3.88. The van der Waals surface area contributed by atoms with Crippen molar-refractivity contribution in [1.29, 1.82) is 0 Å². The Morgan fingerprint density at radius 2 is 2.00 bits per heavy atom. The highest BCUT2D eigenvalue weighted by Gasteiger charge is 2.29. The smallest absolute Gasteiger partial charge is 0.230 e. The molecule has 0 saturated heterocycles. The number of anilines is 1. The maximum atomic E-state index is 12.5. The number of rotatable bonds is 2. The first-order valence-electron chi connectivity index (χ1n) is 6.68. The van der Waals surface area contributed by atoms with Crippen molar-refractivity contribution in [3.05, 3.63) is 29.8 Å². The normalized spacial score (nSPS) is 18.5. The Morgan fingerprint density at radius 3 is 2.63 bits per heavy atom. The van der Waals surface area contributed by atoms with Crippen LogP contribution in [0.25, 0.3) is 0 Å². The first-order valence-corrected chi connectivity index (χ1v) is 6.68. The summed E-state index contributed by atoms with van der Waals surface area (Å²) in [4.78, 5) is 14.3. The number of amides is 1. The molecule has 102 valence electrons. The molecule has 0 fully saturated rings. The fraction of sp³-hybridized carbons (Fsp3) is 0.467. The molecule has 4 nitrogen and oxygen atoms in total. The van der Waals surface area contributed by atoms with Gasteiger partial charge in [-0.15, -0.1) is 0 Å². The van der Waals surface area contributed by atoms with E-state index in [1.54, 1.807) is 0 Å². The highest BCUT2D eigenvalue weighted by molar-refractivity contribution is 6.11. The van der Waals surface area contributed by atoms with Crippen molar-refractivity contribution in [2.24, 2.45) is 17.0 Å². The van der Waals surface area contributed by atoms with E-state index in [0.29, 0.717) is 24.6 Å². The van der Waals surface area contributed by atoms with Crippen molar-refractivity contribution in [3.63, 3.8) is 0 Å². The molecule has 2 rings (SSSR count). The van der Waals surface area contributed by atoms with Crippen molar-refractivity contribution in [2.75, 3.05) is 11.4 Å². The van der Waals surface area contributed by atoms with Gasteiger partial charge in [0.1, 0.15) is 0 Å². The molecule has 1 atom stereocenters. The number of para-hydroxylation sites is 1. The molecule has 1 N–H and O–H groups in total. The lowest BCUT2D eigenvalue weighted by Gasteiger charge is -2.32. The number of carbonyl (C=O) groups excluding carboxylic acids is 1. The van der Waals surface area contributed by atoms with Crippen molar-refractivity contribution < 1.29 is 10.0 Å². The van der Waals surface area contributed by atoms with E-state index in [9.17, 15) is 4.79 Å². The number of oxime groups is 1. The molecule has 0 aromatic heterocycles. The Bertz CT molecular complexity index is 509. The average Bonchev–Trinajstić information content (AvgIpc) is 2.44. The second kappa shape index (κ2) is 5.43. The average molecular weight is 260 g/mol. The van der Waals surface area contributed by atoms with Crippen LogP contribution in [-0.4, -0.2) is 23.4 Å². The topological polar surface area (TPSA) is 52.9 Å². The number of hydrogen-bond acceptors (Lipinski definition) is 3. The minimum Gasteiger partial charge on any atom is -0.411 e. The first kappa shape index (κ1) is 13.6. The molecule has 1 heterocycles. The third kappa shape index (κ3) is 2.48. The van der Waals surface area contributed by atoms with Crippen molar-refractivity contribution in [3.8, 4) is 0 Å². The summed E-state index contributed by atoms with van der Waals surface area (Å²) >= 11 is 0. The summed E-state index contributed by atoms with van der Waals surface area (Å²) < 4.78 is 0. The van der Waals surface area contributed by atoms with E-state index in [2.05, 4.69) is 19.0 Å². The van der Waals surface area contributed by atoms with E-state index in [1.165, 1.54) is 0 Å². The molecule has 0 aliphatic carbocycles.